The van der Waals surface area contributed by atoms with Crippen LogP contribution in [0.25, 0.3) is 6.08 Å². The number of benzene rings is 3. The molecule has 238 valence electrons. The lowest BCUT2D eigenvalue weighted by atomic mass is 9.48. The molecular weight excluding hydrogens is 581 g/mol. The number of hydrogen-bond donors (Lipinski definition) is 2. The lowest BCUT2D eigenvalue weighted by Gasteiger charge is -2.65. The van der Waals surface area contributed by atoms with Gasteiger partial charge in [-0.1, -0.05) is 48.5 Å². The molecule has 1 saturated heterocycles. The van der Waals surface area contributed by atoms with Crippen molar-refractivity contribution in [3.8, 4) is 11.5 Å². The molecule has 0 radical (unpaired) electrons. The summed E-state index contributed by atoms with van der Waals surface area (Å²) in [6.45, 7) is 1.55. The van der Waals surface area contributed by atoms with Crippen LogP contribution < -0.4 is 4.74 Å². The molecule has 0 aromatic heterocycles. The highest BCUT2D eigenvalue weighted by Crippen LogP contribution is 2.61. The summed E-state index contributed by atoms with van der Waals surface area (Å²) in [5.41, 5.74) is 0.750. The van der Waals surface area contributed by atoms with E-state index in [9.17, 15) is 28.2 Å². The largest absolute Gasteiger partial charge is 0.504 e. The number of phenolic OH excluding ortho intramolecular Hbond substituents is 1. The zero-order chi connectivity index (χ0) is 32.0. The number of phenols is 1. The van der Waals surface area contributed by atoms with E-state index in [1.54, 1.807) is 18.0 Å². The molecule has 2 bridgehead atoms. The molecule has 2 fully saturated rings. The molecule has 2 N–H and O–H groups in total. The summed E-state index contributed by atoms with van der Waals surface area (Å²) >= 11 is 0. The molecule has 1 saturated carbocycles. The van der Waals surface area contributed by atoms with Crippen LogP contribution in [-0.4, -0.2) is 70.9 Å². The molecule has 9 heteroatoms. The van der Waals surface area contributed by atoms with Gasteiger partial charge in [0.2, 0.25) is 5.91 Å². The van der Waals surface area contributed by atoms with E-state index in [0.717, 1.165) is 42.8 Å². The van der Waals surface area contributed by atoms with Gasteiger partial charge < -0.3 is 19.8 Å². The third-order valence-corrected chi connectivity index (χ3v) is 10.5. The molecule has 1 aliphatic heterocycles. The van der Waals surface area contributed by atoms with Crippen molar-refractivity contribution in [2.24, 2.45) is 0 Å². The summed E-state index contributed by atoms with van der Waals surface area (Å²) in [4.78, 5) is 17.4. The van der Waals surface area contributed by atoms with E-state index in [0.29, 0.717) is 37.9 Å². The van der Waals surface area contributed by atoms with Gasteiger partial charge in [-0.05, 0) is 86.0 Å². The van der Waals surface area contributed by atoms with E-state index in [-0.39, 0.29) is 29.3 Å². The lowest BCUT2D eigenvalue weighted by Crippen LogP contribution is -2.74. The molecule has 4 atom stereocenters. The fourth-order valence-electron chi connectivity index (χ4n) is 8.17. The number of alkyl halides is 3. The van der Waals surface area contributed by atoms with E-state index >= 15 is 0 Å². The second-order valence-corrected chi connectivity index (χ2v) is 12.7. The van der Waals surface area contributed by atoms with Crippen LogP contribution in [0.4, 0.5) is 13.2 Å². The van der Waals surface area contributed by atoms with Crippen LogP contribution in [0.1, 0.15) is 53.5 Å². The molecule has 6 rings (SSSR count). The van der Waals surface area contributed by atoms with Crippen molar-refractivity contribution in [3.05, 3.63) is 101 Å². The Labute approximate surface area is 261 Å². The first-order valence-electron chi connectivity index (χ1n) is 15.5. The number of methoxy groups -OCH3 is 1. The maximum Gasteiger partial charge on any atom is 0.416 e. The Balaban J connectivity index is 1.29. The molecular formula is C36H39F3N2O4. The number of aliphatic hydroxyl groups is 1. The number of nitrogens with zero attached hydrogens (tertiary/aromatic N) is 2. The Hall–Kier alpha value is -3.82. The van der Waals surface area contributed by atoms with Gasteiger partial charge in [-0.3, -0.25) is 9.69 Å². The van der Waals surface area contributed by atoms with Gasteiger partial charge in [-0.15, -0.1) is 0 Å². The van der Waals surface area contributed by atoms with Crippen molar-refractivity contribution >= 4 is 12.0 Å². The smallest absolute Gasteiger partial charge is 0.416 e. The number of halogens is 3. The lowest BCUT2D eigenvalue weighted by molar-refractivity contribution is -0.177. The normalized spacial score (nSPS) is 26.3. The van der Waals surface area contributed by atoms with Crippen molar-refractivity contribution in [2.75, 3.05) is 27.2 Å². The van der Waals surface area contributed by atoms with Gasteiger partial charge in [0.25, 0.3) is 0 Å². The van der Waals surface area contributed by atoms with Gasteiger partial charge in [0.1, 0.15) is 0 Å². The minimum Gasteiger partial charge on any atom is -0.504 e. The predicted molar refractivity (Wildman–Crippen MR) is 166 cm³/mol. The van der Waals surface area contributed by atoms with Gasteiger partial charge >= 0.3 is 6.18 Å². The van der Waals surface area contributed by atoms with E-state index in [2.05, 4.69) is 17.0 Å². The number of amides is 1. The van der Waals surface area contributed by atoms with Crippen LogP contribution in [0.2, 0.25) is 0 Å². The molecule has 2 aliphatic carbocycles. The van der Waals surface area contributed by atoms with Crippen molar-refractivity contribution in [3.63, 3.8) is 0 Å². The number of hydrogen-bond acceptors (Lipinski definition) is 5. The van der Waals surface area contributed by atoms with E-state index in [1.165, 1.54) is 37.0 Å². The molecule has 3 aliphatic rings. The molecule has 0 spiro atoms. The minimum atomic E-state index is -4.47. The second-order valence-electron chi connectivity index (χ2n) is 12.7. The molecule has 3 aromatic carbocycles. The number of fused-ring (bicyclic) bond motifs is 1. The highest BCUT2D eigenvalue weighted by atomic mass is 19.4. The average molecular weight is 621 g/mol. The number of likely N-dealkylation sites (tertiary alicyclic amines) is 1. The van der Waals surface area contributed by atoms with Crippen molar-refractivity contribution < 1.29 is 32.9 Å². The maximum atomic E-state index is 13.4. The maximum absolute atomic E-state index is 13.4. The first-order chi connectivity index (χ1) is 21.5. The van der Waals surface area contributed by atoms with Gasteiger partial charge in [-0.2, -0.15) is 13.2 Å². The number of aromatic hydroxyl groups is 1. The fraction of sp³-hybridized carbons (Fsp3) is 0.417. The number of carbonyl (C=O) groups excluding carboxylic acids is 1. The molecule has 45 heavy (non-hydrogen) atoms. The Morgan fingerprint density at radius 2 is 1.89 bits per heavy atom. The summed E-state index contributed by atoms with van der Waals surface area (Å²) in [7, 11) is 3.24. The fourth-order valence-corrected chi connectivity index (χ4v) is 8.17. The third kappa shape index (κ3) is 5.50. The quantitative estimate of drug-likeness (QED) is 0.318. The molecule has 0 unspecified atom stereocenters. The first-order valence-corrected chi connectivity index (χ1v) is 15.5. The predicted octanol–water partition coefficient (Wildman–Crippen LogP) is 5.99. The molecule has 3 aromatic rings. The van der Waals surface area contributed by atoms with Gasteiger partial charge in [0.15, 0.2) is 11.5 Å². The van der Waals surface area contributed by atoms with Crippen LogP contribution in [-0.2, 0) is 29.2 Å². The number of likely N-dealkylation sites (N-methyl/N-ethyl adjacent to an activating group) is 1. The van der Waals surface area contributed by atoms with Crippen LogP contribution in [0, 0.1) is 0 Å². The Bertz CT molecular complexity index is 1590. The highest BCUT2D eigenvalue weighted by molar-refractivity contribution is 5.91. The van der Waals surface area contributed by atoms with Gasteiger partial charge in [0.05, 0.1) is 18.3 Å². The topological polar surface area (TPSA) is 73.2 Å². The highest BCUT2D eigenvalue weighted by Gasteiger charge is 2.66. The summed E-state index contributed by atoms with van der Waals surface area (Å²) in [6.07, 6.45) is 1.86. The summed E-state index contributed by atoms with van der Waals surface area (Å²) in [5.74, 6) is 0.0738. The van der Waals surface area contributed by atoms with Crippen molar-refractivity contribution in [1.82, 2.24) is 9.80 Å². The van der Waals surface area contributed by atoms with E-state index < -0.39 is 22.8 Å². The number of ether oxygens (including phenoxy) is 1. The van der Waals surface area contributed by atoms with Crippen LogP contribution >= 0.6 is 0 Å². The third-order valence-electron chi connectivity index (χ3n) is 10.5. The van der Waals surface area contributed by atoms with Gasteiger partial charge in [-0.25, -0.2) is 0 Å². The van der Waals surface area contributed by atoms with Crippen LogP contribution in [0.15, 0.2) is 72.8 Å². The summed E-state index contributed by atoms with van der Waals surface area (Å²) < 4.78 is 45.3. The number of rotatable bonds is 7. The Kier molecular flexibility index (Phi) is 8.20. The first kappa shape index (κ1) is 31.2. The minimum absolute atomic E-state index is 0.0218. The standard InChI is InChI=1S/C36H39F3N2O4/c1-40(31(43)14-11-25-9-6-10-27(21-25)36(37,38)39)28-15-17-35(44)30-22-26-12-13-29(42)33(45-2)32(26)34(35,23-28)18-20-41(30)19-16-24-7-4-3-5-8-24/h3-14,21,28,30,42,44H,15-20,22-23H2,1-2H3/t28-,30-,34-,35-/m1/s1. The van der Waals surface area contributed by atoms with Crippen LogP contribution in [0.3, 0.4) is 0 Å². The summed E-state index contributed by atoms with van der Waals surface area (Å²) in [6, 6.07) is 18.4. The molecule has 6 nitrogen and oxygen atoms in total. The molecule has 1 heterocycles. The summed E-state index contributed by atoms with van der Waals surface area (Å²) in [5, 5.41) is 23.6. The van der Waals surface area contributed by atoms with E-state index in [4.69, 9.17) is 4.74 Å². The van der Waals surface area contributed by atoms with Crippen molar-refractivity contribution in [1.29, 1.82) is 0 Å². The Morgan fingerprint density at radius 1 is 1.11 bits per heavy atom. The monoisotopic (exact) mass is 620 g/mol. The zero-order valence-electron chi connectivity index (χ0n) is 25.6. The van der Waals surface area contributed by atoms with Crippen LogP contribution in [0.5, 0.6) is 11.5 Å². The number of carbonyl (C=O) groups is 1. The van der Waals surface area contributed by atoms with Crippen molar-refractivity contribution in [2.45, 2.75) is 67.8 Å². The number of piperidine rings is 1. The SMILES string of the molecule is COc1c(O)ccc2c1[C@]13CCN(CCc4ccccc4)[C@H](C2)[C@]1(O)CC[C@@H](N(C)C(=O)C=Cc1cccc(C(F)(F)F)c1)C3. The van der Waals surface area contributed by atoms with Gasteiger partial charge in [0, 0.05) is 42.7 Å². The zero-order valence-corrected chi connectivity index (χ0v) is 25.6. The van der Waals surface area contributed by atoms with E-state index in [1.807, 2.05) is 24.3 Å². The Morgan fingerprint density at radius 3 is 2.62 bits per heavy atom. The second kappa shape index (κ2) is 11.8. The molecule has 1 amide bonds. The average Bonchev–Trinajstić information content (AvgIpc) is 3.03.